The Morgan fingerprint density at radius 3 is 2.56 bits per heavy atom. The fourth-order valence-corrected chi connectivity index (χ4v) is 5.67. The number of rotatable bonds is 1. The molecule has 1 atom stereocenters. The van der Waals surface area contributed by atoms with Gasteiger partial charge in [0.25, 0.3) is 11.8 Å². The van der Waals surface area contributed by atoms with Crippen molar-refractivity contribution in [2.75, 3.05) is 13.1 Å². The highest BCUT2D eigenvalue weighted by Gasteiger charge is 2.48. The van der Waals surface area contributed by atoms with Gasteiger partial charge in [0, 0.05) is 18.0 Å². The number of thiophene rings is 1. The molecule has 0 radical (unpaired) electrons. The minimum absolute atomic E-state index is 0.0568. The van der Waals surface area contributed by atoms with E-state index < -0.39 is 11.6 Å². The topological polar surface area (TPSA) is 78.5 Å². The van der Waals surface area contributed by atoms with Gasteiger partial charge in [-0.3, -0.25) is 14.9 Å². The third-order valence-electron chi connectivity index (χ3n) is 6.44. The highest BCUT2D eigenvalue weighted by atomic mass is 32.1. The summed E-state index contributed by atoms with van der Waals surface area (Å²) >= 11 is 1.63. The molecule has 6 nitrogen and oxygen atoms in total. The molecule has 7 heteroatoms. The van der Waals surface area contributed by atoms with Crippen molar-refractivity contribution in [3.8, 4) is 0 Å². The first-order chi connectivity index (χ1) is 12.7. The lowest BCUT2D eigenvalue weighted by molar-refractivity contribution is -0.125. The molecule has 1 aliphatic carbocycles. The summed E-state index contributed by atoms with van der Waals surface area (Å²) in [5.74, 6) is 0.447. The average molecular weight is 390 g/mol. The average Bonchev–Trinajstić information content (AvgIpc) is 3.14. The number of urea groups is 1. The van der Waals surface area contributed by atoms with E-state index >= 15 is 0 Å². The van der Waals surface area contributed by atoms with E-state index in [1.165, 1.54) is 16.9 Å². The minimum Gasteiger partial charge on any atom is -0.338 e. The number of nitrogens with zero attached hydrogens (tertiary/aromatic N) is 1. The van der Waals surface area contributed by atoms with Crippen molar-refractivity contribution >= 4 is 29.2 Å². The van der Waals surface area contributed by atoms with Gasteiger partial charge in [0.1, 0.15) is 5.54 Å². The highest BCUT2D eigenvalue weighted by molar-refractivity contribution is 7.14. The lowest BCUT2D eigenvalue weighted by atomic mass is 9.72. The molecular formula is C20H27N3O3S. The zero-order valence-electron chi connectivity index (χ0n) is 16.2. The molecule has 4 rings (SSSR count). The van der Waals surface area contributed by atoms with Crippen molar-refractivity contribution in [2.24, 2.45) is 11.3 Å². The van der Waals surface area contributed by atoms with E-state index in [-0.39, 0.29) is 17.2 Å². The third-order valence-corrected chi connectivity index (χ3v) is 7.66. The van der Waals surface area contributed by atoms with Crippen molar-refractivity contribution in [1.29, 1.82) is 0 Å². The van der Waals surface area contributed by atoms with Crippen LogP contribution in [0, 0.1) is 11.3 Å². The third kappa shape index (κ3) is 3.26. The first kappa shape index (κ1) is 18.5. The van der Waals surface area contributed by atoms with Gasteiger partial charge in [-0.1, -0.05) is 20.8 Å². The number of carbonyl (C=O) groups excluding carboxylic acids is 3. The Kier molecular flexibility index (Phi) is 4.33. The predicted molar refractivity (Wildman–Crippen MR) is 104 cm³/mol. The molecule has 4 amide bonds. The maximum atomic E-state index is 13.0. The summed E-state index contributed by atoms with van der Waals surface area (Å²) in [6.45, 7) is 7.85. The fraction of sp³-hybridized carbons (Fsp3) is 0.650. The molecule has 3 aliphatic rings. The second kappa shape index (κ2) is 6.33. The van der Waals surface area contributed by atoms with Crippen LogP contribution in [0.25, 0.3) is 0 Å². The molecule has 0 bridgehead atoms. The Bertz CT molecular complexity index is 800. The Balaban J connectivity index is 1.44. The molecule has 2 aliphatic heterocycles. The zero-order valence-corrected chi connectivity index (χ0v) is 17.0. The molecule has 0 unspecified atom stereocenters. The molecule has 1 aromatic rings. The summed E-state index contributed by atoms with van der Waals surface area (Å²) < 4.78 is 0. The molecule has 0 saturated carbocycles. The first-order valence-electron chi connectivity index (χ1n) is 9.72. The summed E-state index contributed by atoms with van der Waals surface area (Å²) in [7, 11) is 0. The van der Waals surface area contributed by atoms with Crippen LogP contribution in [0.1, 0.15) is 60.1 Å². The van der Waals surface area contributed by atoms with Gasteiger partial charge in [-0.25, -0.2) is 4.79 Å². The summed E-state index contributed by atoms with van der Waals surface area (Å²) in [6.07, 6.45) is 4.23. The summed E-state index contributed by atoms with van der Waals surface area (Å²) in [4.78, 5) is 40.5. The Hall–Kier alpha value is -1.89. The number of imide groups is 1. The van der Waals surface area contributed by atoms with Crippen LogP contribution < -0.4 is 10.6 Å². The number of carbonyl (C=O) groups is 3. The number of fused-ring (bicyclic) bond motifs is 1. The van der Waals surface area contributed by atoms with Gasteiger partial charge in [0.15, 0.2) is 0 Å². The van der Waals surface area contributed by atoms with Gasteiger partial charge >= 0.3 is 6.03 Å². The van der Waals surface area contributed by atoms with Gasteiger partial charge in [-0.15, -0.1) is 11.3 Å². The maximum Gasteiger partial charge on any atom is 0.322 e. The second-order valence-electron chi connectivity index (χ2n) is 9.15. The highest BCUT2D eigenvalue weighted by Crippen LogP contribution is 2.40. The van der Waals surface area contributed by atoms with Crippen LogP contribution >= 0.6 is 11.3 Å². The zero-order chi connectivity index (χ0) is 19.4. The number of likely N-dealkylation sites (tertiary alicyclic amines) is 1. The van der Waals surface area contributed by atoms with Crippen LogP contribution in [-0.4, -0.2) is 41.4 Å². The largest absolute Gasteiger partial charge is 0.338 e. The maximum absolute atomic E-state index is 13.0. The van der Waals surface area contributed by atoms with Crippen LogP contribution in [0.5, 0.6) is 0 Å². The van der Waals surface area contributed by atoms with E-state index in [9.17, 15) is 14.4 Å². The predicted octanol–water partition coefficient (Wildman–Crippen LogP) is 2.71. The first-order valence-corrected chi connectivity index (χ1v) is 10.5. The molecule has 2 fully saturated rings. The quantitative estimate of drug-likeness (QED) is 0.725. The molecule has 1 spiro atoms. The van der Waals surface area contributed by atoms with E-state index in [1.807, 2.05) is 4.90 Å². The summed E-state index contributed by atoms with van der Waals surface area (Å²) in [5.41, 5.74) is 0.796. The molecule has 3 heterocycles. The van der Waals surface area contributed by atoms with Crippen LogP contribution in [0.2, 0.25) is 0 Å². The lowest BCUT2D eigenvalue weighted by Gasteiger charge is -2.36. The van der Waals surface area contributed by atoms with Gasteiger partial charge in [0.05, 0.1) is 4.88 Å². The van der Waals surface area contributed by atoms with E-state index in [1.54, 1.807) is 11.3 Å². The number of nitrogens with one attached hydrogen (secondary N) is 2. The number of amides is 4. The van der Waals surface area contributed by atoms with Crippen molar-refractivity contribution in [1.82, 2.24) is 15.5 Å². The number of piperidine rings is 1. The van der Waals surface area contributed by atoms with Gasteiger partial charge in [-0.05, 0) is 55.1 Å². The van der Waals surface area contributed by atoms with Crippen molar-refractivity contribution in [2.45, 2.75) is 58.4 Å². The number of hydrogen-bond acceptors (Lipinski definition) is 4. The van der Waals surface area contributed by atoms with Crippen LogP contribution in [0.4, 0.5) is 4.79 Å². The number of aryl methyl sites for hydroxylation is 1. The molecule has 27 heavy (non-hydrogen) atoms. The SMILES string of the molecule is CC(C)(C)[C@@H]1CCc2sc(C(=O)N3CCC4(CC3)NC(=O)NC4=O)cc2C1. The van der Waals surface area contributed by atoms with Crippen molar-refractivity contribution in [3.63, 3.8) is 0 Å². The van der Waals surface area contributed by atoms with E-state index in [2.05, 4.69) is 37.5 Å². The Labute approximate surface area is 163 Å². The minimum atomic E-state index is -0.831. The summed E-state index contributed by atoms with van der Waals surface area (Å²) in [6, 6.07) is 1.66. The van der Waals surface area contributed by atoms with Gasteiger partial charge in [-0.2, -0.15) is 0 Å². The number of hydrogen-bond donors (Lipinski definition) is 2. The van der Waals surface area contributed by atoms with Gasteiger partial charge in [0.2, 0.25) is 0 Å². The summed E-state index contributed by atoms with van der Waals surface area (Å²) in [5, 5.41) is 5.05. The van der Waals surface area contributed by atoms with Crippen molar-refractivity contribution < 1.29 is 14.4 Å². The van der Waals surface area contributed by atoms with E-state index in [4.69, 9.17) is 0 Å². The lowest BCUT2D eigenvalue weighted by Crippen LogP contribution is -2.55. The second-order valence-corrected chi connectivity index (χ2v) is 10.3. The van der Waals surface area contributed by atoms with Gasteiger partial charge < -0.3 is 10.2 Å². The Morgan fingerprint density at radius 1 is 1.26 bits per heavy atom. The van der Waals surface area contributed by atoms with Crippen LogP contribution in [0.15, 0.2) is 6.07 Å². The van der Waals surface area contributed by atoms with Crippen LogP contribution in [0.3, 0.4) is 0 Å². The molecule has 0 aromatic carbocycles. The molecule has 146 valence electrons. The Morgan fingerprint density at radius 2 is 1.96 bits per heavy atom. The molecular weight excluding hydrogens is 362 g/mol. The molecule has 2 saturated heterocycles. The van der Waals surface area contributed by atoms with E-state index in [0.717, 1.165) is 17.7 Å². The normalized spacial score (nSPS) is 24.6. The van der Waals surface area contributed by atoms with Crippen LogP contribution in [-0.2, 0) is 17.6 Å². The monoisotopic (exact) mass is 389 g/mol. The fourth-order valence-electron chi connectivity index (χ4n) is 4.50. The van der Waals surface area contributed by atoms with Crippen molar-refractivity contribution in [3.05, 3.63) is 21.4 Å². The van der Waals surface area contributed by atoms with E-state index in [0.29, 0.717) is 31.8 Å². The smallest absolute Gasteiger partial charge is 0.322 e. The molecule has 2 N–H and O–H groups in total. The standard InChI is InChI=1S/C20H27N3O3S/c1-19(2,3)13-4-5-14-12(10-13)11-15(27-14)16(24)23-8-6-20(7-9-23)17(25)21-18(26)22-20/h11,13H,4-10H2,1-3H3,(H2,21,22,25,26)/t13-/m1/s1. The molecule has 1 aromatic heterocycles.